The summed E-state index contributed by atoms with van der Waals surface area (Å²) in [7, 11) is 5.85. The van der Waals surface area contributed by atoms with E-state index < -0.39 is 0 Å². The molecule has 3 rings (SSSR count). The van der Waals surface area contributed by atoms with Gasteiger partial charge in [-0.3, -0.25) is 4.79 Å². The Bertz CT molecular complexity index is 963. The van der Waals surface area contributed by atoms with Gasteiger partial charge in [0.05, 0.1) is 11.4 Å². The molecule has 0 saturated carbocycles. The van der Waals surface area contributed by atoms with Crippen LogP contribution in [0.5, 0.6) is 0 Å². The molecular formula is C21H26N4O. The second-order valence-electron chi connectivity index (χ2n) is 7.03. The van der Waals surface area contributed by atoms with Crippen molar-refractivity contribution in [2.24, 2.45) is 7.05 Å². The Hall–Kier alpha value is -2.66. The lowest BCUT2D eigenvalue weighted by atomic mass is 9.99. The van der Waals surface area contributed by atoms with Crippen LogP contribution in [0.2, 0.25) is 0 Å². The summed E-state index contributed by atoms with van der Waals surface area (Å²) in [6, 6.07) is 16.6. The molecule has 3 aromatic rings. The molecule has 0 aliphatic rings. The molecule has 1 unspecified atom stereocenters. The van der Waals surface area contributed by atoms with Crippen LogP contribution in [0.25, 0.3) is 10.8 Å². The van der Waals surface area contributed by atoms with Crippen molar-refractivity contribution < 1.29 is 0 Å². The van der Waals surface area contributed by atoms with E-state index in [-0.39, 0.29) is 17.6 Å². The molecule has 0 aliphatic heterocycles. The average molecular weight is 350 g/mol. The maximum atomic E-state index is 12.5. The molecule has 0 saturated heterocycles. The lowest BCUT2D eigenvalue weighted by Crippen LogP contribution is -2.35. The molecule has 0 spiro atoms. The van der Waals surface area contributed by atoms with Gasteiger partial charge in [0.2, 0.25) is 0 Å². The van der Waals surface area contributed by atoms with Crippen molar-refractivity contribution in [1.82, 2.24) is 14.7 Å². The average Bonchev–Trinajstić information content (AvgIpc) is 2.60. The molecule has 1 aromatic heterocycles. The van der Waals surface area contributed by atoms with E-state index in [1.165, 1.54) is 10.2 Å². The minimum absolute atomic E-state index is 0.0662. The van der Waals surface area contributed by atoms with Crippen molar-refractivity contribution in [2.75, 3.05) is 19.4 Å². The van der Waals surface area contributed by atoms with Crippen LogP contribution >= 0.6 is 0 Å². The number of hydrogen-bond donors (Lipinski definition) is 1. The Kier molecular flexibility index (Phi) is 5.09. The van der Waals surface area contributed by atoms with Crippen LogP contribution < -0.4 is 10.9 Å². The Labute approximate surface area is 154 Å². The van der Waals surface area contributed by atoms with E-state index >= 15 is 0 Å². The maximum absolute atomic E-state index is 12.5. The summed E-state index contributed by atoms with van der Waals surface area (Å²) in [5.41, 5.74) is 2.14. The van der Waals surface area contributed by atoms with Crippen molar-refractivity contribution in [1.29, 1.82) is 0 Å². The lowest BCUT2D eigenvalue weighted by molar-refractivity contribution is 0.275. The zero-order valence-corrected chi connectivity index (χ0v) is 16.0. The first kappa shape index (κ1) is 18.1. The molecule has 26 heavy (non-hydrogen) atoms. The normalized spacial score (nSPS) is 13.8. The maximum Gasteiger partial charge on any atom is 0.274 e. The topological polar surface area (TPSA) is 50.2 Å². The van der Waals surface area contributed by atoms with Crippen LogP contribution in [-0.2, 0) is 7.05 Å². The van der Waals surface area contributed by atoms with E-state index in [1.54, 1.807) is 7.05 Å². The Morgan fingerprint density at radius 3 is 2.42 bits per heavy atom. The third-order valence-corrected chi connectivity index (χ3v) is 4.82. The Balaban J connectivity index is 2.04. The molecule has 2 atom stereocenters. The van der Waals surface area contributed by atoms with Gasteiger partial charge < -0.3 is 10.2 Å². The second kappa shape index (κ2) is 7.30. The molecule has 136 valence electrons. The minimum Gasteiger partial charge on any atom is -0.364 e. The third-order valence-electron chi connectivity index (χ3n) is 4.82. The van der Waals surface area contributed by atoms with Gasteiger partial charge in [-0.15, -0.1) is 0 Å². The van der Waals surface area contributed by atoms with Crippen molar-refractivity contribution in [3.05, 3.63) is 70.0 Å². The monoisotopic (exact) mass is 350 g/mol. The summed E-state index contributed by atoms with van der Waals surface area (Å²) in [6.45, 7) is 4.11. The summed E-state index contributed by atoms with van der Waals surface area (Å²) < 4.78 is 1.41. The zero-order chi connectivity index (χ0) is 18.8. The predicted octanol–water partition coefficient (Wildman–Crippen LogP) is 3.35. The van der Waals surface area contributed by atoms with Gasteiger partial charge in [0.15, 0.2) is 5.82 Å². The first-order valence-electron chi connectivity index (χ1n) is 8.84. The molecule has 0 fully saturated rings. The fourth-order valence-corrected chi connectivity index (χ4v) is 3.65. The van der Waals surface area contributed by atoms with Gasteiger partial charge in [0, 0.05) is 18.5 Å². The minimum atomic E-state index is -0.0662. The van der Waals surface area contributed by atoms with E-state index in [0.717, 1.165) is 22.2 Å². The van der Waals surface area contributed by atoms with E-state index in [4.69, 9.17) is 0 Å². The van der Waals surface area contributed by atoms with Crippen LogP contribution in [0, 0.1) is 6.92 Å². The highest BCUT2D eigenvalue weighted by Gasteiger charge is 2.23. The van der Waals surface area contributed by atoms with Crippen LogP contribution in [0.3, 0.4) is 0 Å². The van der Waals surface area contributed by atoms with Crippen LogP contribution in [0.1, 0.15) is 24.1 Å². The Morgan fingerprint density at radius 1 is 1.08 bits per heavy atom. The van der Waals surface area contributed by atoms with E-state index in [1.807, 2.05) is 31.2 Å². The molecule has 0 aliphatic carbocycles. The number of hydrogen-bond acceptors (Lipinski definition) is 4. The first-order chi connectivity index (χ1) is 12.4. The summed E-state index contributed by atoms with van der Waals surface area (Å²) in [5, 5.41) is 9.63. The number of benzene rings is 2. The van der Waals surface area contributed by atoms with Crippen molar-refractivity contribution in [2.45, 2.75) is 25.9 Å². The van der Waals surface area contributed by atoms with Gasteiger partial charge in [0.25, 0.3) is 5.56 Å². The second-order valence-corrected chi connectivity index (χ2v) is 7.03. The highest BCUT2D eigenvalue weighted by Crippen LogP contribution is 2.27. The van der Waals surface area contributed by atoms with Crippen molar-refractivity contribution in [3.63, 3.8) is 0 Å². The number of nitrogens with zero attached hydrogens (tertiary/aromatic N) is 3. The summed E-state index contributed by atoms with van der Waals surface area (Å²) in [6.07, 6.45) is 0. The molecule has 1 heterocycles. The summed E-state index contributed by atoms with van der Waals surface area (Å²) in [5.74, 6) is 0.737. The quantitative estimate of drug-likeness (QED) is 0.767. The third kappa shape index (κ3) is 3.35. The fraction of sp³-hybridized carbons (Fsp3) is 0.333. The lowest BCUT2D eigenvalue weighted by Gasteiger charge is -2.31. The van der Waals surface area contributed by atoms with Gasteiger partial charge in [0.1, 0.15) is 0 Å². The van der Waals surface area contributed by atoms with Crippen LogP contribution in [0.15, 0.2) is 53.3 Å². The molecule has 0 bridgehead atoms. The number of likely N-dealkylation sites (N-methyl/N-ethyl adjacent to an activating group) is 1. The van der Waals surface area contributed by atoms with Crippen molar-refractivity contribution in [3.8, 4) is 0 Å². The SMILES string of the molecule is Cc1cccc2c(N[C@H](C)C(c3ccccc3)N(C)C)nn(C)c(=O)c12. The zero-order valence-electron chi connectivity index (χ0n) is 16.0. The van der Waals surface area contributed by atoms with Crippen LogP contribution in [0.4, 0.5) is 5.82 Å². The van der Waals surface area contributed by atoms with Gasteiger partial charge in [-0.1, -0.05) is 48.5 Å². The highest BCUT2D eigenvalue weighted by atomic mass is 16.1. The molecule has 5 heteroatoms. The smallest absolute Gasteiger partial charge is 0.274 e. The van der Waals surface area contributed by atoms with Gasteiger partial charge in [-0.2, -0.15) is 5.10 Å². The molecule has 1 N–H and O–H groups in total. The standard InChI is InChI=1S/C21H26N4O/c1-14-10-9-13-17-18(14)21(26)25(5)23-20(17)22-15(2)19(24(3)4)16-11-7-6-8-12-16/h6-13,15,19H,1-5H3,(H,22,23)/t15-,19?/m1/s1. The largest absolute Gasteiger partial charge is 0.364 e. The molecule has 0 radical (unpaired) electrons. The van der Waals surface area contributed by atoms with E-state index in [0.29, 0.717) is 0 Å². The molecular weight excluding hydrogens is 324 g/mol. The van der Waals surface area contributed by atoms with E-state index in [9.17, 15) is 4.79 Å². The van der Waals surface area contributed by atoms with Crippen molar-refractivity contribution >= 4 is 16.6 Å². The number of aryl methyl sites for hydroxylation is 2. The molecule has 5 nitrogen and oxygen atoms in total. The number of anilines is 1. The summed E-state index contributed by atoms with van der Waals surface area (Å²) >= 11 is 0. The van der Waals surface area contributed by atoms with Crippen LogP contribution in [-0.4, -0.2) is 34.8 Å². The summed E-state index contributed by atoms with van der Waals surface area (Å²) in [4.78, 5) is 14.7. The van der Waals surface area contributed by atoms with Gasteiger partial charge >= 0.3 is 0 Å². The highest BCUT2D eigenvalue weighted by molar-refractivity contribution is 5.93. The molecule has 0 amide bonds. The number of aromatic nitrogens is 2. The van der Waals surface area contributed by atoms with E-state index in [2.05, 4.69) is 60.6 Å². The number of nitrogens with one attached hydrogen (secondary N) is 1. The van der Waals surface area contributed by atoms with Gasteiger partial charge in [-0.25, -0.2) is 4.68 Å². The predicted molar refractivity (Wildman–Crippen MR) is 108 cm³/mol. The van der Waals surface area contributed by atoms with Gasteiger partial charge in [-0.05, 0) is 39.1 Å². The first-order valence-corrected chi connectivity index (χ1v) is 8.84. The fourth-order valence-electron chi connectivity index (χ4n) is 3.65. The molecule has 2 aromatic carbocycles. The Morgan fingerprint density at radius 2 is 1.77 bits per heavy atom. The number of fused-ring (bicyclic) bond motifs is 1. The number of rotatable bonds is 5.